The summed E-state index contributed by atoms with van der Waals surface area (Å²) in [4.78, 5) is 14.3. The van der Waals surface area contributed by atoms with Gasteiger partial charge in [-0.1, -0.05) is 36.8 Å². The zero-order valence-electron chi connectivity index (χ0n) is 15.1. The molecule has 1 aliphatic rings. The lowest BCUT2D eigenvalue weighted by atomic mass is 9.95. The SMILES string of the molecule is O=C(O)C[C@]1(c2ccc(-c3ccc(-c4cccs4)cc3)s2)CCCCS1(=O)=O. The molecule has 1 N–H and O–H groups in total. The highest BCUT2D eigenvalue weighted by Crippen LogP contribution is 2.47. The topological polar surface area (TPSA) is 71.4 Å². The van der Waals surface area contributed by atoms with Crippen molar-refractivity contribution in [1.29, 1.82) is 0 Å². The first kappa shape index (κ1) is 19.4. The molecule has 0 unspecified atom stereocenters. The molecular weight excluding hydrogens is 412 g/mol. The predicted octanol–water partition coefficient (Wildman–Crippen LogP) is 5.41. The molecule has 1 fully saturated rings. The summed E-state index contributed by atoms with van der Waals surface area (Å²) >= 11 is 3.08. The van der Waals surface area contributed by atoms with Gasteiger partial charge in [0.05, 0.1) is 12.2 Å². The Kier molecular flexibility index (Phi) is 5.16. The van der Waals surface area contributed by atoms with Gasteiger partial charge in [0.1, 0.15) is 4.75 Å². The van der Waals surface area contributed by atoms with Gasteiger partial charge in [0.2, 0.25) is 0 Å². The van der Waals surface area contributed by atoms with Crippen LogP contribution in [0, 0.1) is 0 Å². The summed E-state index contributed by atoms with van der Waals surface area (Å²) in [6, 6.07) is 16.0. The highest BCUT2D eigenvalue weighted by molar-refractivity contribution is 7.92. The van der Waals surface area contributed by atoms with E-state index in [2.05, 4.69) is 18.2 Å². The van der Waals surface area contributed by atoms with E-state index in [0.717, 1.165) is 22.4 Å². The van der Waals surface area contributed by atoms with Gasteiger partial charge in [0, 0.05) is 14.6 Å². The minimum atomic E-state index is -3.51. The van der Waals surface area contributed by atoms with Crippen molar-refractivity contribution < 1.29 is 18.3 Å². The zero-order chi connectivity index (χ0) is 19.8. The lowest BCUT2D eigenvalue weighted by Gasteiger charge is -2.34. The summed E-state index contributed by atoms with van der Waals surface area (Å²) in [6.07, 6.45) is 1.34. The molecule has 4 nitrogen and oxygen atoms in total. The normalized spacial score (nSPS) is 21.4. The van der Waals surface area contributed by atoms with Gasteiger partial charge in [-0.3, -0.25) is 4.79 Å². The maximum atomic E-state index is 12.9. The number of carbonyl (C=O) groups is 1. The second-order valence-corrected chi connectivity index (χ2v) is 11.5. The van der Waals surface area contributed by atoms with E-state index < -0.39 is 20.6 Å². The first-order valence-electron chi connectivity index (χ1n) is 9.10. The van der Waals surface area contributed by atoms with E-state index in [-0.39, 0.29) is 12.2 Å². The smallest absolute Gasteiger partial charge is 0.305 e. The van der Waals surface area contributed by atoms with Crippen LogP contribution in [-0.2, 0) is 19.4 Å². The molecule has 3 aromatic rings. The number of rotatable bonds is 5. The summed E-state index contributed by atoms with van der Waals surface area (Å²) in [5.74, 6) is -1.01. The fourth-order valence-corrected chi connectivity index (χ4v) is 8.35. The number of sulfone groups is 1. The molecule has 2 aromatic heterocycles. The third-order valence-corrected chi connectivity index (χ3v) is 10.3. The number of thiophene rings is 2. The van der Waals surface area contributed by atoms with Crippen LogP contribution < -0.4 is 0 Å². The molecule has 1 saturated heterocycles. The number of aliphatic carboxylic acids is 1. The summed E-state index contributed by atoms with van der Waals surface area (Å²) in [5, 5.41) is 11.5. The molecule has 28 heavy (non-hydrogen) atoms. The van der Waals surface area contributed by atoms with Crippen LogP contribution in [0.5, 0.6) is 0 Å². The van der Waals surface area contributed by atoms with Gasteiger partial charge >= 0.3 is 5.97 Å². The highest BCUT2D eigenvalue weighted by Gasteiger charge is 2.49. The fraction of sp³-hybridized carbons (Fsp3) is 0.286. The minimum absolute atomic E-state index is 0.0586. The van der Waals surface area contributed by atoms with Crippen LogP contribution in [0.3, 0.4) is 0 Å². The van der Waals surface area contributed by atoms with Gasteiger partial charge < -0.3 is 5.11 Å². The Morgan fingerprint density at radius 3 is 2.32 bits per heavy atom. The van der Waals surface area contributed by atoms with E-state index in [1.54, 1.807) is 17.4 Å². The molecule has 0 saturated carbocycles. The number of benzene rings is 1. The van der Waals surface area contributed by atoms with Crippen LogP contribution in [0.4, 0.5) is 0 Å². The Balaban J connectivity index is 1.70. The predicted molar refractivity (Wildman–Crippen MR) is 115 cm³/mol. The Bertz CT molecular complexity index is 1080. The quantitative estimate of drug-likeness (QED) is 0.585. The van der Waals surface area contributed by atoms with Crippen molar-refractivity contribution in [1.82, 2.24) is 0 Å². The summed E-state index contributed by atoms with van der Waals surface area (Å²) in [6.45, 7) is 0. The molecule has 0 spiro atoms. The zero-order valence-corrected chi connectivity index (χ0v) is 17.6. The maximum Gasteiger partial charge on any atom is 0.305 e. The molecule has 4 rings (SSSR count). The molecule has 0 bridgehead atoms. The highest BCUT2D eigenvalue weighted by atomic mass is 32.2. The summed E-state index contributed by atoms with van der Waals surface area (Å²) in [5.41, 5.74) is 2.16. The van der Waals surface area contributed by atoms with Crippen molar-refractivity contribution in [2.45, 2.75) is 30.4 Å². The van der Waals surface area contributed by atoms with E-state index in [9.17, 15) is 18.3 Å². The van der Waals surface area contributed by atoms with Crippen LogP contribution >= 0.6 is 22.7 Å². The monoisotopic (exact) mass is 432 g/mol. The third kappa shape index (κ3) is 3.43. The second-order valence-electron chi connectivity index (χ2n) is 7.06. The van der Waals surface area contributed by atoms with Crippen LogP contribution in [0.15, 0.2) is 53.9 Å². The Morgan fingerprint density at radius 1 is 1.00 bits per heavy atom. The molecule has 0 radical (unpaired) electrons. The second kappa shape index (κ2) is 7.46. The fourth-order valence-electron chi connectivity index (χ4n) is 3.84. The van der Waals surface area contributed by atoms with Crippen LogP contribution in [0.25, 0.3) is 20.9 Å². The van der Waals surface area contributed by atoms with Crippen LogP contribution in [0.1, 0.15) is 30.6 Å². The molecular formula is C21H20O4S3. The van der Waals surface area contributed by atoms with E-state index in [1.807, 2.05) is 29.6 Å². The molecule has 146 valence electrons. The van der Waals surface area contributed by atoms with Crippen molar-refractivity contribution in [2.75, 3.05) is 5.75 Å². The van der Waals surface area contributed by atoms with Crippen LogP contribution in [-0.4, -0.2) is 25.2 Å². The van der Waals surface area contributed by atoms with E-state index in [1.165, 1.54) is 16.2 Å². The lowest BCUT2D eigenvalue weighted by molar-refractivity contribution is -0.137. The molecule has 1 atom stereocenters. The molecule has 7 heteroatoms. The number of hydrogen-bond acceptors (Lipinski definition) is 5. The minimum Gasteiger partial charge on any atom is -0.481 e. The summed E-state index contributed by atoms with van der Waals surface area (Å²) < 4.78 is 24.5. The van der Waals surface area contributed by atoms with Crippen molar-refractivity contribution >= 4 is 38.5 Å². The number of carboxylic acid groups (broad SMARTS) is 1. The standard InChI is InChI=1S/C21H20O4S3/c22-20(23)14-21(11-1-2-13-28(21,24)25)19-10-9-18(27-19)16-7-5-15(6-8-16)17-4-3-12-26-17/h3-10,12H,1-2,11,13-14H2,(H,22,23)/t21-/m0/s1. The van der Waals surface area contributed by atoms with Crippen LogP contribution in [0.2, 0.25) is 0 Å². The molecule has 1 aliphatic heterocycles. The van der Waals surface area contributed by atoms with Crippen molar-refractivity contribution in [3.8, 4) is 20.9 Å². The van der Waals surface area contributed by atoms with Gasteiger partial charge in [0.15, 0.2) is 9.84 Å². The van der Waals surface area contributed by atoms with Gasteiger partial charge in [-0.25, -0.2) is 8.42 Å². The van der Waals surface area contributed by atoms with Gasteiger partial charge in [-0.15, -0.1) is 22.7 Å². The first-order valence-corrected chi connectivity index (χ1v) is 12.4. The van der Waals surface area contributed by atoms with Gasteiger partial charge in [-0.2, -0.15) is 0 Å². The van der Waals surface area contributed by atoms with Crippen molar-refractivity contribution in [3.05, 3.63) is 58.8 Å². The molecule has 0 amide bonds. The Labute approximate surface area is 172 Å². The number of hydrogen-bond donors (Lipinski definition) is 1. The Morgan fingerprint density at radius 2 is 1.71 bits per heavy atom. The Hall–Kier alpha value is -1.96. The lowest BCUT2D eigenvalue weighted by Crippen LogP contribution is -2.41. The average molecular weight is 433 g/mol. The van der Waals surface area contributed by atoms with E-state index in [0.29, 0.717) is 17.7 Å². The third-order valence-electron chi connectivity index (χ3n) is 5.31. The summed E-state index contributed by atoms with van der Waals surface area (Å²) in [7, 11) is -3.51. The molecule has 3 heterocycles. The largest absolute Gasteiger partial charge is 0.481 e. The molecule has 1 aromatic carbocycles. The van der Waals surface area contributed by atoms with Crippen molar-refractivity contribution in [2.24, 2.45) is 0 Å². The first-order chi connectivity index (χ1) is 13.4. The maximum absolute atomic E-state index is 12.9. The van der Waals surface area contributed by atoms with E-state index in [4.69, 9.17) is 0 Å². The van der Waals surface area contributed by atoms with Gasteiger partial charge in [-0.05, 0) is 47.5 Å². The van der Waals surface area contributed by atoms with Gasteiger partial charge in [0.25, 0.3) is 0 Å². The molecule has 0 aliphatic carbocycles. The van der Waals surface area contributed by atoms with Crippen molar-refractivity contribution in [3.63, 3.8) is 0 Å². The number of carboxylic acids is 1. The van der Waals surface area contributed by atoms with E-state index >= 15 is 0 Å². The average Bonchev–Trinajstić information content (AvgIpc) is 3.35.